The molecule has 0 N–H and O–H groups in total. The zero-order valence-corrected chi connectivity index (χ0v) is 9.26. The molecular formula is C12H6N2OS. The first kappa shape index (κ1) is 10.4. The molecule has 1 aromatic heterocycles. The number of nitriles is 1. The molecule has 0 radical (unpaired) electrons. The monoisotopic (exact) mass is 226 g/mol. The Hall–Kier alpha value is -2.17. The standard InChI is InChI=1S/C12H6N2OS/c1-3-7-11(10(4-13)14-2)8-5-16-6-9(8)12(7)15/h3,5-6H,1H3/b7-3-,11-10+. The predicted octanol–water partition coefficient (Wildman–Crippen LogP) is 3.04. The third-order valence-electron chi connectivity index (χ3n) is 2.43. The van der Waals surface area contributed by atoms with Crippen LogP contribution in [0.3, 0.4) is 0 Å². The zero-order valence-electron chi connectivity index (χ0n) is 8.44. The maximum Gasteiger partial charge on any atom is 0.270 e. The first-order chi connectivity index (χ1) is 7.74. The van der Waals surface area contributed by atoms with Crippen molar-refractivity contribution >= 4 is 22.7 Å². The average Bonchev–Trinajstić information content (AvgIpc) is 2.85. The van der Waals surface area contributed by atoms with Gasteiger partial charge in [0.05, 0.1) is 12.6 Å². The minimum atomic E-state index is -0.0925. The van der Waals surface area contributed by atoms with Crippen LogP contribution in [0.4, 0.5) is 0 Å². The van der Waals surface area contributed by atoms with E-state index in [2.05, 4.69) is 4.85 Å². The first-order valence-electron chi connectivity index (χ1n) is 4.54. The van der Waals surface area contributed by atoms with Crippen molar-refractivity contribution in [1.82, 2.24) is 0 Å². The van der Waals surface area contributed by atoms with Gasteiger partial charge in [-0.25, -0.2) is 10.1 Å². The number of rotatable bonds is 0. The van der Waals surface area contributed by atoms with Gasteiger partial charge in [0.1, 0.15) is 0 Å². The second kappa shape index (κ2) is 3.77. The van der Waals surface area contributed by atoms with Gasteiger partial charge in [-0.2, -0.15) is 11.3 Å². The van der Waals surface area contributed by atoms with Gasteiger partial charge in [0.15, 0.2) is 5.78 Å². The molecule has 0 saturated heterocycles. The number of hydrogen-bond acceptors (Lipinski definition) is 3. The Morgan fingerprint density at radius 2 is 2.25 bits per heavy atom. The zero-order chi connectivity index (χ0) is 11.7. The molecule has 0 atom stereocenters. The molecule has 1 heterocycles. The van der Waals surface area contributed by atoms with E-state index in [0.29, 0.717) is 16.7 Å². The quantitative estimate of drug-likeness (QED) is 0.387. The third kappa shape index (κ3) is 1.21. The van der Waals surface area contributed by atoms with Crippen LogP contribution >= 0.6 is 11.3 Å². The summed E-state index contributed by atoms with van der Waals surface area (Å²) in [4.78, 5) is 15.1. The van der Waals surface area contributed by atoms with Crippen LogP contribution in [0.15, 0.2) is 28.1 Å². The minimum absolute atomic E-state index is 0.0152. The van der Waals surface area contributed by atoms with Gasteiger partial charge in [0.2, 0.25) is 0 Å². The predicted molar refractivity (Wildman–Crippen MR) is 61.5 cm³/mol. The molecule has 1 aromatic rings. The topological polar surface area (TPSA) is 45.2 Å². The molecule has 0 bridgehead atoms. The van der Waals surface area contributed by atoms with E-state index in [-0.39, 0.29) is 11.5 Å². The van der Waals surface area contributed by atoms with Crippen molar-refractivity contribution in [3.05, 3.63) is 50.7 Å². The van der Waals surface area contributed by atoms with E-state index < -0.39 is 0 Å². The molecule has 4 heteroatoms. The van der Waals surface area contributed by atoms with Crippen molar-refractivity contribution in [3.8, 4) is 6.07 Å². The van der Waals surface area contributed by atoms with Gasteiger partial charge in [0, 0.05) is 22.1 Å². The normalized spacial score (nSPS) is 19.2. The lowest BCUT2D eigenvalue weighted by Crippen LogP contribution is -1.94. The fraction of sp³-hybridized carbons (Fsp3) is 0.0833. The summed E-state index contributed by atoms with van der Waals surface area (Å²) in [7, 11) is 0. The molecule has 1 aliphatic carbocycles. The van der Waals surface area contributed by atoms with Crippen LogP contribution in [-0.2, 0) is 0 Å². The van der Waals surface area contributed by atoms with Crippen LogP contribution in [0, 0.1) is 17.9 Å². The van der Waals surface area contributed by atoms with E-state index in [9.17, 15) is 4.79 Å². The van der Waals surface area contributed by atoms with Gasteiger partial charge in [-0.15, -0.1) is 0 Å². The summed E-state index contributed by atoms with van der Waals surface area (Å²) < 4.78 is 0. The van der Waals surface area contributed by atoms with Crippen LogP contribution in [0.1, 0.15) is 22.8 Å². The Morgan fingerprint density at radius 3 is 2.81 bits per heavy atom. The summed E-state index contributed by atoms with van der Waals surface area (Å²) in [5, 5.41) is 12.5. The minimum Gasteiger partial charge on any atom is -0.289 e. The molecule has 0 fully saturated rings. The molecule has 76 valence electrons. The number of nitrogens with zero attached hydrogens (tertiary/aromatic N) is 2. The second-order valence-corrected chi connectivity index (χ2v) is 3.92. The summed E-state index contributed by atoms with van der Waals surface area (Å²) in [6.07, 6.45) is 1.66. The number of fused-ring (bicyclic) bond motifs is 1. The highest BCUT2D eigenvalue weighted by atomic mass is 32.1. The summed E-state index contributed by atoms with van der Waals surface area (Å²) in [5.74, 6) is -0.0925. The fourth-order valence-corrected chi connectivity index (χ4v) is 2.56. The lowest BCUT2D eigenvalue weighted by molar-refractivity contribution is 0.104. The van der Waals surface area contributed by atoms with Crippen molar-refractivity contribution in [2.45, 2.75) is 6.92 Å². The van der Waals surface area contributed by atoms with E-state index in [1.54, 1.807) is 18.4 Å². The SMILES string of the molecule is [C-]#[N+]/C(C#N)=C1\C(=C\C)C(=O)c2cscc21. The molecule has 0 aliphatic heterocycles. The van der Waals surface area contributed by atoms with Crippen LogP contribution < -0.4 is 0 Å². The molecule has 16 heavy (non-hydrogen) atoms. The third-order valence-corrected chi connectivity index (χ3v) is 3.18. The van der Waals surface area contributed by atoms with E-state index in [1.807, 2.05) is 11.4 Å². The molecule has 0 saturated carbocycles. The Labute approximate surface area is 96.8 Å². The van der Waals surface area contributed by atoms with Gasteiger partial charge in [0.25, 0.3) is 5.70 Å². The van der Waals surface area contributed by atoms with Gasteiger partial charge in [-0.3, -0.25) is 4.79 Å². The molecule has 0 spiro atoms. The number of ketones is 1. The van der Waals surface area contributed by atoms with Gasteiger partial charge in [-0.05, 0) is 17.9 Å². The number of hydrogen-bond donors (Lipinski definition) is 0. The summed E-state index contributed by atoms with van der Waals surface area (Å²) in [6, 6.07) is 1.85. The number of thiophene rings is 1. The molecule has 0 aromatic carbocycles. The van der Waals surface area contributed by atoms with Crippen LogP contribution in [0.25, 0.3) is 10.4 Å². The lowest BCUT2D eigenvalue weighted by Gasteiger charge is -1.99. The number of carbonyl (C=O) groups is 1. The van der Waals surface area contributed by atoms with Crippen molar-refractivity contribution in [3.63, 3.8) is 0 Å². The second-order valence-electron chi connectivity index (χ2n) is 3.18. The largest absolute Gasteiger partial charge is 0.289 e. The first-order valence-corrected chi connectivity index (χ1v) is 5.48. The van der Waals surface area contributed by atoms with Crippen molar-refractivity contribution in [1.29, 1.82) is 5.26 Å². The van der Waals surface area contributed by atoms with E-state index in [1.165, 1.54) is 11.3 Å². The summed E-state index contributed by atoms with van der Waals surface area (Å²) in [5.41, 5.74) is 2.25. The van der Waals surface area contributed by atoms with Crippen LogP contribution in [-0.4, -0.2) is 5.78 Å². The lowest BCUT2D eigenvalue weighted by atomic mass is 10.0. The maximum absolute atomic E-state index is 11.9. The molecule has 2 rings (SSSR count). The highest BCUT2D eigenvalue weighted by molar-refractivity contribution is 7.08. The van der Waals surface area contributed by atoms with Crippen molar-refractivity contribution in [2.75, 3.05) is 0 Å². The number of Topliss-reactive ketones (excluding diaryl/α,β-unsaturated/α-hetero) is 1. The molecular weight excluding hydrogens is 220 g/mol. The molecule has 1 aliphatic rings. The Balaban J connectivity index is 2.83. The van der Waals surface area contributed by atoms with Crippen molar-refractivity contribution in [2.24, 2.45) is 0 Å². The van der Waals surface area contributed by atoms with Crippen LogP contribution in [0.2, 0.25) is 0 Å². The van der Waals surface area contributed by atoms with Gasteiger partial charge in [-0.1, -0.05) is 6.08 Å². The average molecular weight is 226 g/mol. The van der Waals surface area contributed by atoms with E-state index in [4.69, 9.17) is 11.8 Å². The smallest absolute Gasteiger partial charge is 0.270 e. The molecule has 0 unspecified atom stereocenters. The van der Waals surface area contributed by atoms with Gasteiger partial charge < -0.3 is 0 Å². The van der Waals surface area contributed by atoms with E-state index >= 15 is 0 Å². The molecule has 3 nitrogen and oxygen atoms in total. The summed E-state index contributed by atoms with van der Waals surface area (Å²) >= 11 is 1.41. The highest BCUT2D eigenvalue weighted by Crippen LogP contribution is 2.40. The van der Waals surface area contributed by atoms with E-state index in [0.717, 1.165) is 5.56 Å². The summed E-state index contributed by atoms with van der Waals surface area (Å²) in [6.45, 7) is 8.70. The maximum atomic E-state index is 11.9. The van der Waals surface area contributed by atoms with Crippen molar-refractivity contribution < 1.29 is 4.79 Å². The molecule has 0 amide bonds. The number of carbonyl (C=O) groups excluding carboxylic acids is 1. The Bertz CT molecular complexity index is 604. The Kier molecular flexibility index (Phi) is 2.44. The fourth-order valence-electron chi connectivity index (χ4n) is 1.74. The van der Waals surface area contributed by atoms with Crippen LogP contribution in [0.5, 0.6) is 0 Å². The Morgan fingerprint density at radius 1 is 1.56 bits per heavy atom. The number of allylic oxidation sites excluding steroid dienone is 4. The highest BCUT2D eigenvalue weighted by Gasteiger charge is 2.32. The van der Waals surface area contributed by atoms with Gasteiger partial charge >= 0.3 is 0 Å².